The maximum Gasteiger partial charge on any atom is 0.317 e. The normalized spacial score (nSPS) is 27.2. The zero-order chi connectivity index (χ0) is 22.3. The fraction of sp³-hybridized carbons (Fsp3) is 0.818. The second-order valence-electron chi connectivity index (χ2n) is 9.02. The molecular weight excluding hydrogens is 384 g/mol. The van der Waals surface area contributed by atoms with Gasteiger partial charge in [0.25, 0.3) is 0 Å². The number of carbonyl (C=O) groups excluding carboxylic acids is 4. The molecule has 2 aliphatic rings. The van der Waals surface area contributed by atoms with Gasteiger partial charge in [-0.05, 0) is 26.7 Å². The van der Waals surface area contributed by atoms with Crippen LogP contribution in [-0.4, -0.2) is 71.7 Å². The van der Waals surface area contributed by atoms with E-state index in [2.05, 4.69) is 10.6 Å². The van der Waals surface area contributed by atoms with Crippen molar-refractivity contribution in [3.05, 3.63) is 0 Å². The van der Waals surface area contributed by atoms with E-state index >= 15 is 0 Å². The molecule has 0 aromatic carbocycles. The number of hydrogen-bond donors (Lipinski definition) is 2. The lowest BCUT2D eigenvalue weighted by atomic mass is 9.94. The third kappa shape index (κ3) is 6.71. The van der Waals surface area contributed by atoms with Gasteiger partial charge in [0.2, 0.25) is 0 Å². The van der Waals surface area contributed by atoms with Crippen LogP contribution >= 0.6 is 0 Å². The Morgan fingerprint density at radius 3 is 1.47 bits per heavy atom. The third-order valence-corrected chi connectivity index (χ3v) is 6.28. The van der Waals surface area contributed by atoms with Gasteiger partial charge in [0.1, 0.15) is 11.6 Å². The smallest absolute Gasteiger partial charge is 0.317 e. The molecule has 0 saturated carbocycles. The Kier molecular flexibility index (Phi) is 9.11. The quantitative estimate of drug-likeness (QED) is 0.616. The minimum absolute atomic E-state index is 0.0407. The predicted octanol–water partition coefficient (Wildman–Crippen LogP) is 2.56. The topological polar surface area (TPSA) is 98.8 Å². The minimum Gasteiger partial charge on any atom is -0.338 e. The molecule has 2 saturated heterocycles. The van der Waals surface area contributed by atoms with Gasteiger partial charge in [-0.15, -0.1) is 0 Å². The minimum atomic E-state index is -0.0857. The summed E-state index contributed by atoms with van der Waals surface area (Å²) >= 11 is 0. The molecule has 4 atom stereocenters. The summed E-state index contributed by atoms with van der Waals surface area (Å²) in [5, 5.41) is 5.91. The molecule has 0 spiro atoms. The van der Waals surface area contributed by atoms with E-state index in [0.29, 0.717) is 39.0 Å². The Balaban J connectivity index is 1.53. The van der Waals surface area contributed by atoms with Crippen molar-refractivity contribution in [1.82, 2.24) is 20.4 Å². The highest BCUT2D eigenvalue weighted by atomic mass is 16.2. The van der Waals surface area contributed by atoms with Crippen molar-refractivity contribution in [2.75, 3.05) is 26.2 Å². The monoisotopic (exact) mass is 422 g/mol. The Morgan fingerprint density at radius 1 is 0.733 bits per heavy atom. The lowest BCUT2D eigenvalue weighted by Gasteiger charge is -2.35. The maximum absolute atomic E-state index is 12.3. The summed E-state index contributed by atoms with van der Waals surface area (Å²) < 4.78 is 0. The predicted molar refractivity (Wildman–Crippen MR) is 115 cm³/mol. The van der Waals surface area contributed by atoms with E-state index in [1.54, 1.807) is 9.80 Å². The van der Waals surface area contributed by atoms with Crippen molar-refractivity contribution in [3.63, 3.8) is 0 Å². The molecule has 2 aliphatic heterocycles. The highest BCUT2D eigenvalue weighted by Crippen LogP contribution is 2.19. The van der Waals surface area contributed by atoms with Crippen LogP contribution in [0.3, 0.4) is 0 Å². The van der Waals surface area contributed by atoms with Gasteiger partial charge in [-0.1, -0.05) is 26.7 Å². The van der Waals surface area contributed by atoms with Crippen molar-refractivity contribution in [2.24, 2.45) is 11.8 Å². The maximum atomic E-state index is 12.3. The average Bonchev–Trinajstić information content (AvgIpc) is 2.69. The molecule has 170 valence electrons. The molecular formula is C22H38N4O4. The second-order valence-corrected chi connectivity index (χ2v) is 9.02. The van der Waals surface area contributed by atoms with Crippen molar-refractivity contribution < 1.29 is 19.2 Å². The van der Waals surface area contributed by atoms with Gasteiger partial charge in [0.15, 0.2) is 0 Å². The van der Waals surface area contributed by atoms with Crippen LogP contribution < -0.4 is 10.6 Å². The van der Waals surface area contributed by atoms with Crippen molar-refractivity contribution in [3.8, 4) is 0 Å². The number of nitrogens with one attached hydrogen (secondary N) is 2. The van der Waals surface area contributed by atoms with Crippen molar-refractivity contribution in [1.29, 1.82) is 0 Å². The Labute approximate surface area is 180 Å². The molecule has 0 bridgehead atoms. The summed E-state index contributed by atoms with van der Waals surface area (Å²) in [4.78, 5) is 51.6. The summed E-state index contributed by atoms with van der Waals surface area (Å²) in [7, 11) is 0. The molecule has 8 nitrogen and oxygen atoms in total. The molecule has 2 heterocycles. The number of hydrogen-bond acceptors (Lipinski definition) is 4. The van der Waals surface area contributed by atoms with Gasteiger partial charge >= 0.3 is 12.1 Å². The average molecular weight is 423 g/mol. The summed E-state index contributed by atoms with van der Waals surface area (Å²) in [6.07, 6.45) is 4.61. The fourth-order valence-electron chi connectivity index (χ4n) is 4.12. The zero-order valence-electron chi connectivity index (χ0n) is 18.9. The Morgan fingerprint density at radius 2 is 1.10 bits per heavy atom. The van der Waals surface area contributed by atoms with E-state index in [1.807, 2.05) is 27.7 Å². The Bertz CT molecular complexity index is 585. The first kappa shape index (κ1) is 24.2. The molecule has 4 amide bonds. The van der Waals surface area contributed by atoms with Crippen LogP contribution in [0, 0.1) is 11.8 Å². The number of urea groups is 2. The van der Waals surface area contributed by atoms with Crippen LogP contribution in [0.1, 0.15) is 66.2 Å². The highest BCUT2D eigenvalue weighted by Gasteiger charge is 2.32. The molecule has 0 aliphatic carbocycles. The standard InChI is InChI=1S/C22H38N4O4/c1-15-13-25(17(3)11-19(15)27)21(29)23-9-7-5-6-8-10-24-22(30)26-14-16(2)20(28)12-18(26)4/h15-18H,5-14H2,1-4H3,(H,23,29)(H,24,30). The zero-order valence-corrected chi connectivity index (χ0v) is 18.9. The third-order valence-electron chi connectivity index (χ3n) is 6.28. The van der Waals surface area contributed by atoms with Gasteiger partial charge in [0, 0.05) is 62.9 Å². The van der Waals surface area contributed by atoms with Gasteiger partial charge in [-0.25, -0.2) is 9.59 Å². The number of nitrogens with zero attached hydrogens (tertiary/aromatic N) is 2. The van der Waals surface area contributed by atoms with E-state index in [4.69, 9.17) is 0 Å². The lowest BCUT2D eigenvalue weighted by Crippen LogP contribution is -2.52. The van der Waals surface area contributed by atoms with Crippen molar-refractivity contribution >= 4 is 23.6 Å². The first-order valence-corrected chi connectivity index (χ1v) is 11.3. The fourth-order valence-corrected chi connectivity index (χ4v) is 4.12. The molecule has 30 heavy (non-hydrogen) atoms. The van der Waals surface area contributed by atoms with Crippen molar-refractivity contribution in [2.45, 2.75) is 78.3 Å². The van der Waals surface area contributed by atoms with E-state index in [-0.39, 0.29) is 47.5 Å². The largest absolute Gasteiger partial charge is 0.338 e. The number of unbranched alkanes of at least 4 members (excludes halogenated alkanes) is 3. The van der Waals surface area contributed by atoms with Gasteiger partial charge in [0.05, 0.1) is 0 Å². The van der Waals surface area contributed by atoms with E-state index in [9.17, 15) is 19.2 Å². The number of likely N-dealkylation sites (tertiary alicyclic amines) is 2. The lowest BCUT2D eigenvalue weighted by molar-refractivity contribution is -0.127. The Hall–Kier alpha value is -2.12. The molecule has 0 aromatic rings. The number of Topliss-reactive ketones (excluding diaryl/α,β-unsaturated/α-hetero) is 2. The molecule has 0 aromatic heterocycles. The molecule has 2 fully saturated rings. The van der Waals surface area contributed by atoms with Crippen LogP contribution in [0.2, 0.25) is 0 Å². The first-order valence-electron chi connectivity index (χ1n) is 11.3. The summed E-state index contributed by atoms with van der Waals surface area (Å²) in [6.45, 7) is 9.81. The van der Waals surface area contributed by atoms with Gasteiger partial charge in [-0.2, -0.15) is 0 Å². The molecule has 4 unspecified atom stereocenters. The molecule has 2 N–H and O–H groups in total. The van der Waals surface area contributed by atoms with Crippen LogP contribution in [0.4, 0.5) is 9.59 Å². The molecule has 8 heteroatoms. The summed E-state index contributed by atoms with van der Waals surface area (Å²) in [6, 6.07) is -0.253. The number of piperidine rings is 2. The number of carbonyl (C=O) groups is 4. The van der Waals surface area contributed by atoms with Crippen LogP contribution in [0.15, 0.2) is 0 Å². The summed E-state index contributed by atoms with van der Waals surface area (Å²) in [5.74, 6) is 0.297. The van der Waals surface area contributed by atoms with E-state index < -0.39 is 0 Å². The first-order chi connectivity index (χ1) is 14.2. The van der Waals surface area contributed by atoms with Crippen LogP contribution in [-0.2, 0) is 9.59 Å². The van der Waals surface area contributed by atoms with Crippen LogP contribution in [0.5, 0.6) is 0 Å². The molecule has 0 radical (unpaired) electrons. The number of rotatable bonds is 7. The highest BCUT2D eigenvalue weighted by molar-refractivity contribution is 5.85. The van der Waals surface area contributed by atoms with Crippen LogP contribution in [0.25, 0.3) is 0 Å². The number of amides is 4. The summed E-state index contributed by atoms with van der Waals surface area (Å²) in [5.41, 5.74) is 0. The van der Waals surface area contributed by atoms with E-state index in [1.165, 1.54) is 0 Å². The van der Waals surface area contributed by atoms with E-state index in [0.717, 1.165) is 25.7 Å². The molecule has 2 rings (SSSR count). The number of ketones is 2. The second kappa shape index (κ2) is 11.3. The SMILES string of the molecule is CC1CN(C(=O)NCCCCCCNC(=O)N2CC(C)C(=O)CC2C)C(C)CC1=O. The van der Waals surface area contributed by atoms with Gasteiger partial charge < -0.3 is 20.4 Å². The van der Waals surface area contributed by atoms with Gasteiger partial charge in [-0.3, -0.25) is 9.59 Å².